The molecule has 0 unspecified atom stereocenters. The van der Waals surface area contributed by atoms with Gasteiger partial charge in [0.2, 0.25) is 11.8 Å². The van der Waals surface area contributed by atoms with Crippen molar-refractivity contribution in [2.45, 2.75) is 53.4 Å². The lowest BCUT2D eigenvalue weighted by atomic mass is 9.95. The van der Waals surface area contributed by atoms with E-state index in [9.17, 15) is 28.8 Å². The number of hydrogen-bond acceptors (Lipinski definition) is 6. The van der Waals surface area contributed by atoms with Gasteiger partial charge in [-0.15, -0.1) is 0 Å². The molecular formula is C18H28N2O6. The number of carbonyl (C=O) groups is 6. The van der Waals surface area contributed by atoms with Gasteiger partial charge in [0.25, 0.3) is 0 Å². The highest BCUT2D eigenvalue weighted by Crippen LogP contribution is 2.10. The Bertz CT molecular complexity index is 492. The van der Waals surface area contributed by atoms with Crippen LogP contribution in [0.5, 0.6) is 0 Å². The van der Waals surface area contributed by atoms with Crippen LogP contribution in [0.25, 0.3) is 0 Å². The van der Waals surface area contributed by atoms with Crippen LogP contribution in [0.1, 0.15) is 53.4 Å². The molecule has 0 bridgehead atoms. The number of rotatable bonds is 13. The number of nitrogens with one attached hydrogen (secondary N) is 2. The second-order valence-electron chi connectivity index (χ2n) is 6.33. The minimum atomic E-state index is -0.754. The minimum absolute atomic E-state index is 0.0523. The molecule has 0 aromatic rings. The number of hydrogen-bond donors (Lipinski definition) is 2. The smallest absolute Gasteiger partial charge is 0.220 e. The molecular weight excluding hydrogens is 340 g/mol. The van der Waals surface area contributed by atoms with Gasteiger partial charge in [-0.3, -0.25) is 28.8 Å². The molecule has 26 heavy (non-hydrogen) atoms. The minimum Gasteiger partial charge on any atom is -0.354 e. The van der Waals surface area contributed by atoms with Gasteiger partial charge in [0.1, 0.15) is 23.1 Å². The van der Waals surface area contributed by atoms with Crippen molar-refractivity contribution in [3.8, 4) is 0 Å². The normalized spacial score (nSPS) is 10.5. The van der Waals surface area contributed by atoms with Crippen LogP contribution in [0.15, 0.2) is 0 Å². The molecule has 0 aromatic carbocycles. The van der Waals surface area contributed by atoms with Crippen molar-refractivity contribution in [3.05, 3.63) is 0 Å². The Kier molecular flexibility index (Phi) is 10.9. The Hall–Kier alpha value is -2.38. The van der Waals surface area contributed by atoms with Gasteiger partial charge in [-0.1, -0.05) is 0 Å². The molecule has 0 saturated heterocycles. The topological polar surface area (TPSA) is 126 Å². The molecule has 8 nitrogen and oxygen atoms in total. The van der Waals surface area contributed by atoms with Gasteiger partial charge in [-0.2, -0.15) is 0 Å². The van der Waals surface area contributed by atoms with Gasteiger partial charge in [0.15, 0.2) is 0 Å². The second kappa shape index (κ2) is 12.1. The summed E-state index contributed by atoms with van der Waals surface area (Å²) >= 11 is 0. The van der Waals surface area contributed by atoms with Gasteiger partial charge in [-0.05, 0) is 40.5 Å². The van der Waals surface area contributed by atoms with Gasteiger partial charge < -0.3 is 10.6 Å². The highest BCUT2D eigenvalue weighted by Gasteiger charge is 2.21. The average Bonchev–Trinajstić information content (AvgIpc) is 2.50. The van der Waals surface area contributed by atoms with E-state index in [0.717, 1.165) is 0 Å². The van der Waals surface area contributed by atoms with Gasteiger partial charge >= 0.3 is 0 Å². The molecule has 146 valence electrons. The Morgan fingerprint density at radius 3 is 1.08 bits per heavy atom. The van der Waals surface area contributed by atoms with Crippen LogP contribution in [0.3, 0.4) is 0 Å². The standard InChI is InChI=1S/C18H28N2O6/c1-11(21)15(12(2)22)5-7-17(25)19-9-10-20-18(26)8-6-16(13(3)23)14(4)24/h15-16H,5-10H2,1-4H3,(H,19,25)(H,20,26). The fourth-order valence-electron chi connectivity index (χ4n) is 2.52. The number of Topliss-reactive ketones (excluding diaryl/α,β-unsaturated/α-hetero) is 4. The SMILES string of the molecule is CC(=O)C(CCC(=O)NCCNC(=O)CCC(C(C)=O)C(C)=O)C(C)=O. The Balaban J connectivity index is 4.00. The quantitative estimate of drug-likeness (QED) is 0.357. The van der Waals surface area contributed by atoms with Gasteiger partial charge in [0.05, 0.1) is 11.8 Å². The molecule has 0 fully saturated rings. The largest absolute Gasteiger partial charge is 0.354 e. The zero-order chi connectivity index (χ0) is 20.3. The molecule has 0 spiro atoms. The number of amides is 2. The molecule has 0 radical (unpaired) electrons. The third-order valence-corrected chi connectivity index (χ3v) is 4.05. The van der Waals surface area contributed by atoms with Crippen LogP contribution >= 0.6 is 0 Å². The van der Waals surface area contributed by atoms with Gasteiger partial charge in [0, 0.05) is 25.9 Å². The first-order valence-corrected chi connectivity index (χ1v) is 8.61. The van der Waals surface area contributed by atoms with Crippen LogP contribution in [-0.2, 0) is 28.8 Å². The molecule has 0 heterocycles. The first kappa shape index (κ1) is 23.6. The van der Waals surface area contributed by atoms with E-state index in [-0.39, 0.29) is 73.7 Å². The van der Waals surface area contributed by atoms with Crippen LogP contribution < -0.4 is 10.6 Å². The summed E-state index contributed by atoms with van der Waals surface area (Å²) in [7, 11) is 0. The second-order valence-corrected chi connectivity index (χ2v) is 6.33. The van der Waals surface area contributed by atoms with E-state index in [0.29, 0.717) is 0 Å². The maximum atomic E-state index is 11.7. The van der Waals surface area contributed by atoms with Crippen molar-refractivity contribution in [2.75, 3.05) is 13.1 Å². The lowest BCUT2D eigenvalue weighted by molar-refractivity contribution is -0.133. The van der Waals surface area contributed by atoms with E-state index < -0.39 is 11.8 Å². The summed E-state index contributed by atoms with van der Waals surface area (Å²) < 4.78 is 0. The Morgan fingerprint density at radius 1 is 0.577 bits per heavy atom. The van der Waals surface area contributed by atoms with E-state index in [1.807, 2.05) is 0 Å². The van der Waals surface area contributed by atoms with Crippen LogP contribution in [0.2, 0.25) is 0 Å². The lowest BCUT2D eigenvalue weighted by Crippen LogP contribution is -2.35. The van der Waals surface area contributed by atoms with E-state index in [2.05, 4.69) is 10.6 Å². The highest BCUT2D eigenvalue weighted by atomic mass is 16.2. The van der Waals surface area contributed by atoms with Crippen molar-refractivity contribution >= 4 is 34.9 Å². The summed E-state index contributed by atoms with van der Waals surface area (Å²) in [5, 5.41) is 5.18. The van der Waals surface area contributed by atoms with E-state index in [4.69, 9.17) is 0 Å². The third-order valence-electron chi connectivity index (χ3n) is 4.05. The van der Waals surface area contributed by atoms with Crippen molar-refractivity contribution in [2.24, 2.45) is 11.8 Å². The summed E-state index contributed by atoms with van der Waals surface area (Å²) in [4.78, 5) is 68.5. The maximum Gasteiger partial charge on any atom is 0.220 e. The molecule has 0 aliphatic carbocycles. The molecule has 0 atom stereocenters. The molecule has 8 heteroatoms. The van der Waals surface area contributed by atoms with Crippen molar-refractivity contribution in [1.29, 1.82) is 0 Å². The van der Waals surface area contributed by atoms with Crippen molar-refractivity contribution < 1.29 is 28.8 Å². The molecule has 0 aliphatic heterocycles. The summed E-state index contributed by atoms with van der Waals surface area (Å²) in [5.74, 6) is -3.15. The molecule has 2 amide bonds. The van der Waals surface area contributed by atoms with Crippen LogP contribution in [0.4, 0.5) is 0 Å². The summed E-state index contributed by atoms with van der Waals surface area (Å²) in [5.41, 5.74) is 0. The fourth-order valence-corrected chi connectivity index (χ4v) is 2.52. The Labute approximate surface area is 153 Å². The predicted octanol–water partition coefficient (Wildman–Crippen LogP) is 0.368. The monoisotopic (exact) mass is 368 g/mol. The highest BCUT2D eigenvalue weighted by molar-refractivity contribution is 6.01. The molecule has 0 aromatic heterocycles. The molecule has 0 saturated carbocycles. The fraction of sp³-hybridized carbons (Fsp3) is 0.667. The predicted molar refractivity (Wildman–Crippen MR) is 94.2 cm³/mol. The maximum absolute atomic E-state index is 11.7. The average molecular weight is 368 g/mol. The summed E-state index contributed by atoms with van der Waals surface area (Å²) in [6, 6.07) is 0. The number of carbonyl (C=O) groups excluding carboxylic acids is 6. The van der Waals surface area contributed by atoms with Gasteiger partial charge in [-0.25, -0.2) is 0 Å². The van der Waals surface area contributed by atoms with Crippen molar-refractivity contribution in [3.63, 3.8) is 0 Å². The van der Waals surface area contributed by atoms with Crippen molar-refractivity contribution in [1.82, 2.24) is 10.6 Å². The first-order chi connectivity index (χ1) is 12.1. The lowest BCUT2D eigenvalue weighted by Gasteiger charge is -2.11. The number of ketones is 4. The first-order valence-electron chi connectivity index (χ1n) is 8.61. The molecule has 0 aliphatic rings. The van der Waals surface area contributed by atoms with E-state index >= 15 is 0 Å². The van der Waals surface area contributed by atoms with Crippen LogP contribution in [0, 0.1) is 11.8 Å². The zero-order valence-corrected chi connectivity index (χ0v) is 15.8. The molecule has 0 rings (SSSR count). The van der Waals surface area contributed by atoms with E-state index in [1.54, 1.807) is 0 Å². The zero-order valence-electron chi connectivity index (χ0n) is 15.8. The van der Waals surface area contributed by atoms with Crippen LogP contribution in [-0.4, -0.2) is 48.0 Å². The Morgan fingerprint density at radius 2 is 0.846 bits per heavy atom. The third kappa shape index (κ3) is 9.80. The summed E-state index contributed by atoms with van der Waals surface area (Å²) in [6.07, 6.45) is 0.439. The van der Waals surface area contributed by atoms with E-state index in [1.165, 1.54) is 27.7 Å². The molecule has 2 N–H and O–H groups in total. The summed E-state index contributed by atoms with van der Waals surface area (Å²) in [6.45, 7) is 5.70.